The fraction of sp³-hybridized carbons (Fsp3) is 0.176. The monoisotopic (exact) mass is 366 g/mol. The van der Waals surface area contributed by atoms with Crippen molar-refractivity contribution >= 4 is 46.4 Å². The number of hydrogen-bond acceptors (Lipinski definition) is 3. The smallest absolute Gasteiger partial charge is 0.265 e. The molecule has 0 saturated heterocycles. The van der Waals surface area contributed by atoms with E-state index in [0.29, 0.717) is 27.2 Å². The Hall–Kier alpha value is -2.24. The molecule has 0 aliphatic carbocycles. The van der Waals surface area contributed by atoms with Gasteiger partial charge in [0.1, 0.15) is 5.75 Å². The Bertz CT molecular complexity index is 748. The highest BCUT2D eigenvalue weighted by Gasteiger charge is 2.15. The van der Waals surface area contributed by atoms with Crippen LogP contribution in [0, 0.1) is 0 Å². The van der Waals surface area contributed by atoms with Crippen molar-refractivity contribution in [2.75, 3.05) is 10.6 Å². The van der Waals surface area contributed by atoms with Crippen LogP contribution in [0.1, 0.15) is 13.8 Å². The third kappa shape index (κ3) is 5.15. The second-order valence-electron chi connectivity index (χ2n) is 5.08. The van der Waals surface area contributed by atoms with Crippen LogP contribution in [0.4, 0.5) is 11.4 Å². The largest absolute Gasteiger partial charge is 0.481 e. The number of halogens is 2. The second-order valence-corrected chi connectivity index (χ2v) is 5.90. The molecule has 0 aliphatic heterocycles. The van der Waals surface area contributed by atoms with E-state index in [1.807, 2.05) is 0 Å². The van der Waals surface area contributed by atoms with Crippen molar-refractivity contribution in [3.8, 4) is 5.75 Å². The zero-order valence-electron chi connectivity index (χ0n) is 13.1. The van der Waals surface area contributed by atoms with Gasteiger partial charge in [-0.25, -0.2) is 0 Å². The molecule has 0 bridgehead atoms. The van der Waals surface area contributed by atoms with Crippen LogP contribution in [0.5, 0.6) is 5.75 Å². The fourth-order valence-corrected chi connectivity index (χ4v) is 2.18. The first kappa shape index (κ1) is 18.1. The van der Waals surface area contributed by atoms with E-state index in [0.717, 1.165) is 0 Å². The molecule has 2 N–H and O–H groups in total. The van der Waals surface area contributed by atoms with Crippen molar-refractivity contribution in [1.82, 2.24) is 0 Å². The zero-order chi connectivity index (χ0) is 17.7. The maximum absolute atomic E-state index is 12.2. The Labute approximate surface area is 149 Å². The minimum atomic E-state index is -0.725. The molecule has 0 radical (unpaired) electrons. The van der Waals surface area contributed by atoms with E-state index < -0.39 is 6.10 Å². The quantitative estimate of drug-likeness (QED) is 0.825. The van der Waals surface area contributed by atoms with Crippen molar-refractivity contribution in [3.05, 3.63) is 52.5 Å². The van der Waals surface area contributed by atoms with Crippen molar-refractivity contribution < 1.29 is 14.3 Å². The first-order valence-corrected chi connectivity index (χ1v) is 7.91. The summed E-state index contributed by atoms with van der Waals surface area (Å²) in [5, 5.41) is 6.16. The number of nitrogens with one attached hydrogen (secondary N) is 2. The van der Waals surface area contributed by atoms with Gasteiger partial charge in [0.25, 0.3) is 5.91 Å². The first-order valence-electron chi connectivity index (χ1n) is 7.15. The molecular formula is C17H16Cl2N2O3. The summed E-state index contributed by atoms with van der Waals surface area (Å²) in [5.41, 5.74) is 1.25. The van der Waals surface area contributed by atoms with Gasteiger partial charge in [0, 0.05) is 24.4 Å². The van der Waals surface area contributed by atoms with Crippen LogP contribution in [0.2, 0.25) is 10.0 Å². The van der Waals surface area contributed by atoms with Gasteiger partial charge in [-0.3, -0.25) is 9.59 Å². The van der Waals surface area contributed by atoms with Crippen molar-refractivity contribution in [1.29, 1.82) is 0 Å². The van der Waals surface area contributed by atoms with Crippen LogP contribution in [-0.2, 0) is 9.59 Å². The Morgan fingerprint density at radius 3 is 2.08 bits per heavy atom. The van der Waals surface area contributed by atoms with Crippen molar-refractivity contribution in [2.45, 2.75) is 20.0 Å². The van der Waals surface area contributed by atoms with Gasteiger partial charge in [0.05, 0.1) is 10.0 Å². The summed E-state index contributed by atoms with van der Waals surface area (Å²) in [6, 6.07) is 11.6. The highest BCUT2D eigenvalue weighted by atomic mass is 35.5. The molecule has 0 saturated carbocycles. The molecule has 2 amide bonds. The third-order valence-corrected chi connectivity index (χ3v) is 3.78. The van der Waals surface area contributed by atoms with E-state index in [4.69, 9.17) is 27.9 Å². The number of ether oxygens (including phenoxy) is 1. The Kier molecular flexibility index (Phi) is 6.06. The Morgan fingerprint density at radius 2 is 1.54 bits per heavy atom. The van der Waals surface area contributed by atoms with E-state index in [-0.39, 0.29) is 11.8 Å². The molecule has 2 aromatic rings. The molecule has 7 heteroatoms. The molecule has 2 aromatic carbocycles. The van der Waals surface area contributed by atoms with Crippen molar-refractivity contribution in [2.24, 2.45) is 0 Å². The lowest BCUT2D eigenvalue weighted by molar-refractivity contribution is -0.122. The molecule has 126 valence electrons. The van der Waals surface area contributed by atoms with Crippen LogP contribution in [0.25, 0.3) is 0 Å². The SMILES string of the molecule is CC(=O)Nc1ccc(NC(=O)[C@@H](C)Oc2ccc(Cl)c(Cl)c2)cc1. The molecule has 0 fully saturated rings. The van der Waals surface area contributed by atoms with Gasteiger partial charge in [-0.1, -0.05) is 23.2 Å². The molecule has 0 unspecified atom stereocenters. The van der Waals surface area contributed by atoms with E-state index in [2.05, 4.69) is 10.6 Å². The van der Waals surface area contributed by atoms with Gasteiger partial charge < -0.3 is 15.4 Å². The lowest BCUT2D eigenvalue weighted by Gasteiger charge is -2.15. The third-order valence-electron chi connectivity index (χ3n) is 3.05. The summed E-state index contributed by atoms with van der Waals surface area (Å²) in [6.07, 6.45) is -0.725. The Morgan fingerprint density at radius 1 is 0.958 bits per heavy atom. The number of amides is 2. The molecular weight excluding hydrogens is 351 g/mol. The molecule has 1 atom stereocenters. The van der Waals surface area contributed by atoms with Crippen LogP contribution in [0.3, 0.4) is 0 Å². The summed E-state index contributed by atoms with van der Waals surface area (Å²) >= 11 is 11.8. The lowest BCUT2D eigenvalue weighted by Crippen LogP contribution is -2.30. The number of benzene rings is 2. The molecule has 0 heterocycles. The van der Waals surface area contributed by atoms with Gasteiger partial charge in [0.2, 0.25) is 5.91 Å². The lowest BCUT2D eigenvalue weighted by atomic mass is 10.2. The second kappa shape index (κ2) is 8.04. The molecule has 5 nitrogen and oxygen atoms in total. The average molecular weight is 367 g/mol. The summed E-state index contributed by atoms with van der Waals surface area (Å²) in [6.45, 7) is 3.06. The van der Waals surface area contributed by atoms with Gasteiger partial charge in [-0.2, -0.15) is 0 Å². The van der Waals surface area contributed by atoms with Crippen LogP contribution >= 0.6 is 23.2 Å². The minimum Gasteiger partial charge on any atom is -0.481 e. The zero-order valence-corrected chi connectivity index (χ0v) is 14.6. The van der Waals surface area contributed by atoms with E-state index in [9.17, 15) is 9.59 Å². The van der Waals surface area contributed by atoms with E-state index >= 15 is 0 Å². The number of anilines is 2. The standard InChI is InChI=1S/C17H16Cl2N2O3/c1-10(24-14-7-8-15(18)16(19)9-14)17(23)21-13-5-3-12(4-6-13)20-11(2)22/h3-10H,1-2H3,(H,20,22)(H,21,23)/t10-/m1/s1. The number of rotatable bonds is 5. The maximum atomic E-state index is 12.2. The molecule has 2 rings (SSSR count). The molecule has 0 spiro atoms. The predicted octanol–water partition coefficient (Wildman–Crippen LogP) is 4.36. The van der Waals surface area contributed by atoms with E-state index in [1.165, 1.54) is 6.92 Å². The summed E-state index contributed by atoms with van der Waals surface area (Å²) in [7, 11) is 0. The molecule has 0 aliphatic rings. The minimum absolute atomic E-state index is 0.157. The molecule has 0 aromatic heterocycles. The van der Waals surface area contributed by atoms with Gasteiger partial charge in [-0.15, -0.1) is 0 Å². The predicted molar refractivity (Wildman–Crippen MR) is 95.9 cm³/mol. The number of carbonyl (C=O) groups excluding carboxylic acids is 2. The Balaban J connectivity index is 1.95. The summed E-state index contributed by atoms with van der Waals surface area (Å²) < 4.78 is 5.55. The normalized spacial score (nSPS) is 11.5. The average Bonchev–Trinajstić information content (AvgIpc) is 2.52. The van der Waals surface area contributed by atoms with Crippen molar-refractivity contribution in [3.63, 3.8) is 0 Å². The van der Waals surface area contributed by atoms with E-state index in [1.54, 1.807) is 49.4 Å². The van der Waals surface area contributed by atoms with Gasteiger partial charge in [0.15, 0.2) is 6.10 Å². The highest BCUT2D eigenvalue weighted by Crippen LogP contribution is 2.27. The number of hydrogen-bond donors (Lipinski definition) is 2. The van der Waals surface area contributed by atoms with Crippen LogP contribution in [-0.4, -0.2) is 17.9 Å². The first-order chi connectivity index (χ1) is 11.3. The summed E-state index contributed by atoms with van der Waals surface area (Å²) in [4.78, 5) is 23.1. The molecule has 24 heavy (non-hydrogen) atoms. The highest BCUT2D eigenvalue weighted by molar-refractivity contribution is 6.42. The fourth-order valence-electron chi connectivity index (χ4n) is 1.89. The van der Waals surface area contributed by atoms with Crippen LogP contribution in [0.15, 0.2) is 42.5 Å². The topological polar surface area (TPSA) is 67.4 Å². The summed E-state index contributed by atoms with van der Waals surface area (Å²) in [5.74, 6) is -0.0168. The van der Waals surface area contributed by atoms with Crippen LogP contribution < -0.4 is 15.4 Å². The van der Waals surface area contributed by atoms with Gasteiger partial charge in [-0.05, 0) is 43.3 Å². The number of carbonyl (C=O) groups is 2. The maximum Gasteiger partial charge on any atom is 0.265 e. The van der Waals surface area contributed by atoms with Gasteiger partial charge >= 0.3 is 0 Å².